The molecule has 33 heavy (non-hydrogen) atoms. The summed E-state index contributed by atoms with van der Waals surface area (Å²) in [6.45, 7) is 6.79. The lowest BCUT2D eigenvalue weighted by molar-refractivity contribution is -0.136. The Bertz CT molecular complexity index is 1330. The van der Waals surface area contributed by atoms with Crippen LogP contribution in [-0.4, -0.2) is 56.6 Å². The third-order valence-electron chi connectivity index (χ3n) is 6.08. The number of benzene rings is 2. The standard InChI is InChI=1S/C24H25N5O4/c1-16-7-9-18(10-8-16)22-25-21(33-26-22)15-27-11-13-28(14-12-27)23(30)17(2)29-19-5-3-4-6-20(19)32-24(29)31/h3-10,17H,11-15H2,1-2H3/t17-/m1/s1. The van der Waals surface area contributed by atoms with Gasteiger partial charge in [0, 0.05) is 31.7 Å². The van der Waals surface area contributed by atoms with Crippen LogP contribution < -0.4 is 5.76 Å². The van der Waals surface area contributed by atoms with E-state index >= 15 is 0 Å². The first-order chi connectivity index (χ1) is 16.0. The average Bonchev–Trinajstić information content (AvgIpc) is 3.42. The fourth-order valence-corrected chi connectivity index (χ4v) is 4.18. The van der Waals surface area contributed by atoms with E-state index in [2.05, 4.69) is 15.0 Å². The third kappa shape index (κ3) is 4.19. The maximum absolute atomic E-state index is 13.1. The second kappa shape index (κ2) is 8.67. The molecule has 1 saturated heterocycles. The number of nitrogens with zero attached hydrogens (tertiary/aromatic N) is 5. The largest absolute Gasteiger partial charge is 0.420 e. The summed E-state index contributed by atoms with van der Waals surface area (Å²) in [6, 6.07) is 14.5. The Morgan fingerprint density at radius 2 is 1.79 bits per heavy atom. The van der Waals surface area contributed by atoms with Crippen molar-refractivity contribution in [1.29, 1.82) is 0 Å². The quantitative estimate of drug-likeness (QED) is 0.464. The Morgan fingerprint density at radius 3 is 2.55 bits per heavy atom. The highest BCUT2D eigenvalue weighted by Crippen LogP contribution is 2.20. The van der Waals surface area contributed by atoms with Crippen LogP contribution in [0.25, 0.3) is 22.5 Å². The van der Waals surface area contributed by atoms with E-state index in [0.29, 0.717) is 55.5 Å². The minimum absolute atomic E-state index is 0.0947. The maximum atomic E-state index is 13.1. The SMILES string of the molecule is Cc1ccc(-c2noc(CN3CCN(C(=O)[C@@H](C)n4c(=O)oc5ccccc54)CC3)n2)cc1. The van der Waals surface area contributed by atoms with Crippen molar-refractivity contribution >= 4 is 17.0 Å². The number of fused-ring (bicyclic) bond motifs is 1. The first-order valence-electron chi connectivity index (χ1n) is 11.0. The second-order valence-corrected chi connectivity index (χ2v) is 8.36. The van der Waals surface area contributed by atoms with Gasteiger partial charge in [0.2, 0.25) is 17.6 Å². The molecule has 1 fully saturated rings. The fourth-order valence-electron chi connectivity index (χ4n) is 4.18. The third-order valence-corrected chi connectivity index (χ3v) is 6.08. The molecule has 9 nitrogen and oxygen atoms in total. The summed E-state index contributed by atoms with van der Waals surface area (Å²) >= 11 is 0. The van der Waals surface area contributed by atoms with Crippen LogP contribution in [0, 0.1) is 6.92 Å². The molecule has 3 heterocycles. The van der Waals surface area contributed by atoms with Crippen LogP contribution in [-0.2, 0) is 11.3 Å². The van der Waals surface area contributed by atoms with Crippen LogP contribution >= 0.6 is 0 Å². The molecule has 0 radical (unpaired) electrons. The molecule has 0 aliphatic carbocycles. The lowest BCUT2D eigenvalue weighted by Crippen LogP contribution is -2.50. The van der Waals surface area contributed by atoms with Gasteiger partial charge in [-0.1, -0.05) is 47.1 Å². The van der Waals surface area contributed by atoms with Crippen molar-refractivity contribution in [3.8, 4) is 11.4 Å². The number of rotatable bonds is 5. The molecule has 1 amide bonds. The molecule has 0 unspecified atom stereocenters. The number of carbonyl (C=O) groups is 1. The van der Waals surface area contributed by atoms with E-state index < -0.39 is 11.8 Å². The van der Waals surface area contributed by atoms with Crippen LogP contribution in [0.4, 0.5) is 0 Å². The molecule has 1 aliphatic rings. The summed E-state index contributed by atoms with van der Waals surface area (Å²) in [5.74, 6) is 0.514. The Labute approximate surface area is 190 Å². The van der Waals surface area contributed by atoms with Gasteiger partial charge in [0.1, 0.15) is 6.04 Å². The van der Waals surface area contributed by atoms with Gasteiger partial charge in [-0.05, 0) is 26.0 Å². The van der Waals surface area contributed by atoms with Crippen molar-refractivity contribution in [2.24, 2.45) is 0 Å². The molecule has 2 aromatic carbocycles. The lowest BCUT2D eigenvalue weighted by atomic mass is 10.1. The van der Waals surface area contributed by atoms with E-state index in [1.54, 1.807) is 30.0 Å². The van der Waals surface area contributed by atoms with Gasteiger partial charge < -0.3 is 13.8 Å². The topological polar surface area (TPSA) is 97.6 Å². The second-order valence-electron chi connectivity index (χ2n) is 8.36. The highest BCUT2D eigenvalue weighted by molar-refractivity contribution is 5.83. The summed E-state index contributed by atoms with van der Waals surface area (Å²) in [4.78, 5) is 33.9. The predicted molar refractivity (Wildman–Crippen MR) is 122 cm³/mol. The van der Waals surface area contributed by atoms with E-state index in [1.807, 2.05) is 37.3 Å². The molecule has 0 bridgehead atoms. The average molecular weight is 447 g/mol. The molecule has 0 N–H and O–H groups in total. The molecule has 0 spiro atoms. The van der Waals surface area contributed by atoms with Gasteiger partial charge in [0.15, 0.2) is 5.58 Å². The number of carbonyl (C=O) groups excluding carboxylic acids is 1. The number of oxazole rings is 1. The zero-order valence-electron chi connectivity index (χ0n) is 18.6. The highest BCUT2D eigenvalue weighted by atomic mass is 16.5. The normalized spacial score (nSPS) is 15.8. The van der Waals surface area contributed by atoms with Gasteiger partial charge in [-0.25, -0.2) is 4.79 Å². The van der Waals surface area contributed by atoms with E-state index in [-0.39, 0.29) is 5.91 Å². The monoisotopic (exact) mass is 447 g/mol. The van der Waals surface area contributed by atoms with E-state index in [0.717, 1.165) is 5.56 Å². The van der Waals surface area contributed by atoms with Crippen LogP contribution in [0.15, 0.2) is 62.3 Å². The van der Waals surface area contributed by atoms with Crippen molar-refractivity contribution in [2.45, 2.75) is 26.4 Å². The first-order valence-corrected chi connectivity index (χ1v) is 11.0. The number of para-hydroxylation sites is 2. The maximum Gasteiger partial charge on any atom is 0.420 e. The van der Waals surface area contributed by atoms with E-state index in [1.165, 1.54) is 10.1 Å². The predicted octanol–water partition coefficient (Wildman–Crippen LogP) is 2.86. The summed E-state index contributed by atoms with van der Waals surface area (Å²) in [5.41, 5.74) is 3.20. The molecule has 5 rings (SSSR count). The summed E-state index contributed by atoms with van der Waals surface area (Å²) in [6.07, 6.45) is 0. The van der Waals surface area contributed by atoms with Crippen LogP contribution in [0.2, 0.25) is 0 Å². The number of aryl methyl sites for hydroxylation is 1. The van der Waals surface area contributed by atoms with E-state index in [4.69, 9.17) is 8.94 Å². The molecule has 4 aromatic rings. The number of piperazine rings is 1. The van der Waals surface area contributed by atoms with Crippen molar-refractivity contribution in [3.63, 3.8) is 0 Å². The van der Waals surface area contributed by atoms with E-state index in [9.17, 15) is 9.59 Å². The minimum atomic E-state index is -0.638. The first kappa shape index (κ1) is 21.1. The van der Waals surface area contributed by atoms with Crippen LogP contribution in [0.3, 0.4) is 0 Å². The number of hydrogen-bond donors (Lipinski definition) is 0. The van der Waals surface area contributed by atoms with Gasteiger partial charge in [0.25, 0.3) is 0 Å². The van der Waals surface area contributed by atoms with Gasteiger partial charge >= 0.3 is 5.76 Å². The Kier molecular flexibility index (Phi) is 5.55. The summed E-state index contributed by atoms with van der Waals surface area (Å²) < 4.78 is 12.1. The zero-order valence-corrected chi connectivity index (χ0v) is 18.6. The Hall–Kier alpha value is -3.72. The van der Waals surface area contributed by atoms with Crippen LogP contribution in [0.1, 0.15) is 24.4 Å². The van der Waals surface area contributed by atoms with Gasteiger partial charge in [0.05, 0.1) is 12.1 Å². The minimum Gasteiger partial charge on any atom is -0.408 e. The van der Waals surface area contributed by atoms with Gasteiger partial charge in [-0.2, -0.15) is 4.98 Å². The lowest BCUT2D eigenvalue weighted by Gasteiger charge is -2.35. The molecule has 0 saturated carbocycles. The molecule has 2 aromatic heterocycles. The molecule has 1 aliphatic heterocycles. The summed E-state index contributed by atoms with van der Waals surface area (Å²) in [7, 11) is 0. The van der Waals surface area contributed by atoms with Gasteiger partial charge in [-0.15, -0.1) is 0 Å². The Balaban J connectivity index is 1.20. The number of amides is 1. The smallest absolute Gasteiger partial charge is 0.408 e. The summed E-state index contributed by atoms with van der Waals surface area (Å²) in [5, 5.41) is 4.09. The van der Waals surface area contributed by atoms with Crippen molar-refractivity contribution in [3.05, 3.63) is 70.5 Å². The molecular formula is C24H25N5O4. The molecular weight excluding hydrogens is 422 g/mol. The van der Waals surface area contributed by atoms with Gasteiger partial charge in [-0.3, -0.25) is 14.3 Å². The van der Waals surface area contributed by atoms with Crippen molar-refractivity contribution in [2.75, 3.05) is 26.2 Å². The molecule has 170 valence electrons. The number of aromatic nitrogens is 3. The van der Waals surface area contributed by atoms with Crippen LogP contribution in [0.5, 0.6) is 0 Å². The van der Waals surface area contributed by atoms with Crippen molar-refractivity contribution < 1.29 is 13.7 Å². The molecule has 9 heteroatoms. The highest BCUT2D eigenvalue weighted by Gasteiger charge is 2.29. The molecule has 1 atom stereocenters. The zero-order chi connectivity index (χ0) is 22.9. The fraction of sp³-hybridized carbons (Fsp3) is 0.333. The number of hydrogen-bond acceptors (Lipinski definition) is 7. The Morgan fingerprint density at radius 1 is 1.06 bits per heavy atom. The van der Waals surface area contributed by atoms with Crippen molar-refractivity contribution in [1.82, 2.24) is 24.5 Å².